The summed E-state index contributed by atoms with van der Waals surface area (Å²) in [6, 6.07) is 8.11. The first kappa shape index (κ1) is 15.5. The smallest absolute Gasteiger partial charge is 0.225 e. The number of ether oxygens (including phenoxy) is 1. The third kappa shape index (κ3) is 3.35. The average molecular weight is 320 g/mol. The number of rotatable bonds is 3. The van der Waals surface area contributed by atoms with Gasteiger partial charge in [-0.3, -0.25) is 4.79 Å². The van der Waals surface area contributed by atoms with Crippen molar-refractivity contribution in [1.29, 1.82) is 0 Å². The molecule has 0 atom stereocenters. The van der Waals surface area contributed by atoms with E-state index in [1.807, 2.05) is 30.0 Å². The van der Waals surface area contributed by atoms with Gasteiger partial charge in [-0.2, -0.15) is 11.8 Å². The van der Waals surface area contributed by atoms with E-state index in [0.29, 0.717) is 5.91 Å². The zero-order chi connectivity index (χ0) is 15.4. The fourth-order valence-electron chi connectivity index (χ4n) is 3.26. The maximum atomic E-state index is 12.6. The Morgan fingerprint density at radius 2 is 1.82 bits per heavy atom. The first-order valence-electron chi connectivity index (χ1n) is 8.04. The number of thioether (sulfide) groups is 1. The number of piperazine rings is 1. The largest absolute Gasteiger partial charge is 0.495 e. The van der Waals surface area contributed by atoms with Crippen LogP contribution in [0, 0.1) is 5.92 Å². The number of benzene rings is 1. The van der Waals surface area contributed by atoms with Crippen LogP contribution in [-0.2, 0) is 4.79 Å². The Morgan fingerprint density at radius 3 is 2.50 bits per heavy atom. The Kier molecular flexibility index (Phi) is 5.13. The molecule has 0 spiro atoms. The summed E-state index contributed by atoms with van der Waals surface area (Å²) in [7, 11) is 1.71. The molecule has 2 fully saturated rings. The van der Waals surface area contributed by atoms with E-state index >= 15 is 0 Å². The summed E-state index contributed by atoms with van der Waals surface area (Å²) in [6.07, 6.45) is 2.10. The second-order valence-electron chi connectivity index (χ2n) is 5.87. The molecule has 1 amide bonds. The van der Waals surface area contributed by atoms with Crippen LogP contribution < -0.4 is 9.64 Å². The number of methoxy groups -OCH3 is 1. The van der Waals surface area contributed by atoms with Gasteiger partial charge >= 0.3 is 0 Å². The van der Waals surface area contributed by atoms with Gasteiger partial charge in [0.1, 0.15) is 5.75 Å². The third-order valence-electron chi connectivity index (χ3n) is 4.59. The summed E-state index contributed by atoms with van der Waals surface area (Å²) in [5.74, 6) is 3.82. The molecule has 22 heavy (non-hydrogen) atoms. The quantitative estimate of drug-likeness (QED) is 0.857. The molecule has 2 aliphatic heterocycles. The first-order valence-corrected chi connectivity index (χ1v) is 9.19. The SMILES string of the molecule is COc1ccccc1N1CCN(C(=O)C2CCSCC2)CC1. The van der Waals surface area contributed by atoms with Crippen molar-refractivity contribution < 1.29 is 9.53 Å². The van der Waals surface area contributed by atoms with Crippen molar-refractivity contribution in [2.24, 2.45) is 5.92 Å². The lowest BCUT2D eigenvalue weighted by Gasteiger charge is -2.38. The highest BCUT2D eigenvalue weighted by Crippen LogP contribution is 2.29. The number of hydrogen-bond acceptors (Lipinski definition) is 4. The summed E-state index contributed by atoms with van der Waals surface area (Å²) in [5, 5.41) is 0. The molecule has 2 heterocycles. The summed E-state index contributed by atoms with van der Waals surface area (Å²) < 4.78 is 5.44. The van der Waals surface area contributed by atoms with Crippen LogP contribution in [0.5, 0.6) is 5.75 Å². The minimum absolute atomic E-state index is 0.263. The average Bonchev–Trinajstić information content (AvgIpc) is 2.62. The lowest BCUT2D eigenvalue weighted by molar-refractivity contribution is -0.136. The molecular formula is C17H24N2O2S. The Balaban J connectivity index is 1.59. The molecule has 0 N–H and O–H groups in total. The fraction of sp³-hybridized carbons (Fsp3) is 0.588. The number of amides is 1. The second kappa shape index (κ2) is 7.27. The van der Waals surface area contributed by atoms with Crippen molar-refractivity contribution in [3.63, 3.8) is 0 Å². The van der Waals surface area contributed by atoms with Crippen LogP contribution in [0.15, 0.2) is 24.3 Å². The van der Waals surface area contributed by atoms with Gasteiger partial charge in [0, 0.05) is 32.1 Å². The van der Waals surface area contributed by atoms with E-state index in [-0.39, 0.29) is 5.92 Å². The van der Waals surface area contributed by atoms with Gasteiger partial charge in [0.05, 0.1) is 12.8 Å². The van der Waals surface area contributed by atoms with E-state index in [1.165, 1.54) is 0 Å². The highest BCUT2D eigenvalue weighted by molar-refractivity contribution is 7.99. The Hall–Kier alpha value is -1.36. The topological polar surface area (TPSA) is 32.8 Å². The lowest BCUT2D eigenvalue weighted by atomic mass is 10.0. The molecule has 3 rings (SSSR count). The molecule has 0 aliphatic carbocycles. The molecule has 0 radical (unpaired) electrons. The first-order chi connectivity index (χ1) is 10.8. The zero-order valence-corrected chi connectivity index (χ0v) is 14.0. The molecule has 4 nitrogen and oxygen atoms in total. The number of nitrogens with zero attached hydrogens (tertiary/aromatic N) is 2. The highest BCUT2D eigenvalue weighted by Gasteiger charge is 2.29. The molecule has 5 heteroatoms. The van der Waals surface area contributed by atoms with Crippen LogP contribution in [0.2, 0.25) is 0 Å². The number of carbonyl (C=O) groups is 1. The zero-order valence-electron chi connectivity index (χ0n) is 13.2. The minimum Gasteiger partial charge on any atom is -0.495 e. The van der Waals surface area contributed by atoms with Crippen LogP contribution in [-0.4, -0.2) is 55.6 Å². The van der Waals surface area contributed by atoms with Crippen molar-refractivity contribution in [2.75, 3.05) is 49.7 Å². The molecule has 0 aromatic heterocycles. The fourth-order valence-corrected chi connectivity index (χ4v) is 4.37. The number of carbonyl (C=O) groups excluding carboxylic acids is 1. The van der Waals surface area contributed by atoms with Crippen molar-refractivity contribution in [1.82, 2.24) is 4.90 Å². The molecule has 120 valence electrons. The number of anilines is 1. The maximum absolute atomic E-state index is 12.6. The normalized spacial score (nSPS) is 20.0. The van der Waals surface area contributed by atoms with Crippen molar-refractivity contribution in [3.8, 4) is 5.75 Å². The van der Waals surface area contributed by atoms with Gasteiger partial charge in [-0.05, 0) is 36.5 Å². The predicted molar refractivity (Wildman–Crippen MR) is 91.8 cm³/mol. The molecule has 1 aromatic rings. The summed E-state index contributed by atoms with van der Waals surface area (Å²) >= 11 is 1.97. The van der Waals surface area contributed by atoms with Crippen molar-refractivity contribution >= 4 is 23.4 Å². The van der Waals surface area contributed by atoms with Gasteiger partial charge in [-0.15, -0.1) is 0 Å². The number of hydrogen-bond donors (Lipinski definition) is 0. The maximum Gasteiger partial charge on any atom is 0.225 e. The van der Waals surface area contributed by atoms with Gasteiger partial charge in [0.2, 0.25) is 5.91 Å². The third-order valence-corrected chi connectivity index (χ3v) is 5.64. The van der Waals surface area contributed by atoms with Gasteiger partial charge in [0.25, 0.3) is 0 Å². The molecule has 2 saturated heterocycles. The van der Waals surface area contributed by atoms with Crippen molar-refractivity contribution in [3.05, 3.63) is 24.3 Å². The summed E-state index contributed by atoms with van der Waals surface area (Å²) in [5.41, 5.74) is 1.13. The van der Waals surface area contributed by atoms with E-state index in [0.717, 1.165) is 62.0 Å². The van der Waals surface area contributed by atoms with Gasteiger partial charge in [-0.25, -0.2) is 0 Å². The van der Waals surface area contributed by atoms with E-state index in [9.17, 15) is 4.79 Å². The van der Waals surface area contributed by atoms with E-state index in [1.54, 1.807) is 7.11 Å². The van der Waals surface area contributed by atoms with Crippen LogP contribution >= 0.6 is 11.8 Å². The standard InChI is InChI=1S/C17H24N2O2S/c1-21-16-5-3-2-4-15(16)18-8-10-19(11-9-18)17(20)14-6-12-22-13-7-14/h2-5,14H,6-13H2,1H3. The highest BCUT2D eigenvalue weighted by atomic mass is 32.2. The lowest BCUT2D eigenvalue weighted by Crippen LogP contribution is -2.50. The Bertz CT molecular complexity index is 509. The minimum atomic E-state index is 0.263. The molecule has 0 unspecified atom stereocenters. The van der Waals surface area contributed by atoms with Crippen LogP contribution in [0.4, 0.5) is 5.69 Å². The Morgan fingerprint density at radius 1 is 1.14 bits per heavy atom. The molecule has 2 aliphatic rings. The summed E-state index contributed by atoms with van der Waals surface area (Å²) in [4.78, 5) is 17.0. The molecule has 1 aromatic carbocycles. The van der Waals surface area contributed by atoms with E-state index in [2.05, 4.69) is 15.9 Å². The van der Waals surface area contributed by atoms with E-state index in [4.69, 9.17) is 4.74 Å². The molecular weight excluding hydrogens is 296 g/mol. The van der Waals surface area contributed by atoms with Crippen LogP contribution in [0.25, 0.3) is 0 Å². The van der Waals surface area contributed by atoms with Gasteiger partial charge in [-0.1, -0.05) is 12.1 Å². The molecule has 0 saturated carbocycles. The number of para-hydroxylation sites is 2. The monoisotopic (exact) mass is 320 g/mol. The van der Waals surface area contributed by atoms with Crippen LogP contribution in [0.3, 0.4) is 0 Å². The van der Waals surface area contributed by atoms with E-state index < -0.39 is 0 Å². The van der Waals surface area contributed by atoms with Gasteiger partial charge in [0.15, 0.2) is 0 Å². The molecule has 0 bridgehead atoms. The van der Waals surface area contributed by atoms with Gasteiger partial charge < -0.3 is 14.5 Å². The Labute approximate surface area is 136 Å². The van der Waals surface area contributed by atoms with Crippen LogP contribution in [0.1, 0.15) is 12.8 Å². The second-order valence-corrected chi connectivity index (χ2v) is 7.10. The van der Waals surface area contributed by atoms with Crippen molar-refractivity contribution in [2.45, 2.75) is 12.8 Å². The predicted octanol–water partition coefficient (Wildman–Crippen LogP) is 2.49. The summed E-state index contributed by atoms with van der Waals surface area (Å²) in [6.45, 7) is 3.40.